The van der Waals surface area contributed by atoms with E-state index in [1.807, 2.05) is 34.9 Å². The average Bonchev–Trinajstić information content (AvgIpc) is 3.02. The van der Waals surface area contributed by atoms with Gasteiger partial charge in [0.15, 0.2) is 11.5 Å². The third kappa shape index (κ3) is 4.64. The number of thioether (sulfide) groups is 1. The van der Waals surface area contributed by atoms with Crippen LogP contribution >= 0.6 is 11.8 Å². The Balaban J connectivity index is 1.36. The van der Waals surface area contributed by atoms with Crippen LogP contribution in [-0.2, 0) is 5.41 Å². The number of fused-ring (bicyclic) bond motifs is 1. The van der Waals surface area contributed by atoms with Gasteiger partial charge in [0.2, 0.25) is 6.79 Å². The van der Waals surface area contributed by atoms with E-state index in [1.165, 1.54) is 11.1 Å². The lowest BCUT2D eigenvalue weighted by molar-refractivity contribution is 0.174. The van der Waals surface area contributed by atoms with E-state index >= 15 is 0 Å². The van der Waals surface area contributed by atoms with E-state index in [-0.39, 0.29) is 11.4 Å². The van der Waals surface area contributed by atoms with E-state index in [1.54, 1.807) is 0 Å². The maximum atomic E-state index is 12.8. The van der Waals surface area contributed by atoms with Gasteiger partial charge in [0.25, 0.3) is 0 Å². The number of ether oxygens (including phenoxy) is 2. The average molecular weight is 413 g/mol. The second-order valence-electron chi connectivity index (χ2n) is 8.51. The summed E-state index contributed by atoms with van der Waals surface area (Å²) in [5, 5.41) is 3.40. The van der Waals surface area contributed by atoms with Crippen molar-refractivity contribution in [1.82, 2.24) is 4.90 Å². The van der Waals surface area contributed by atoms with Crippen LogP contribution < -0.4 is 14.8 Å². The van der Waals surface area contributed by atoms with Gasteiger partial charge in [0.1, 0.15) is 0 Å². The highest BCUT2D eigenvalue weighted by molar-refractivity contribution is 7.99. The molecule has 2 aromatic carbocycles. The zero-order valence-electron chi connectivity index (χ0n) is 17.2. The highest BCUT2D eigenvalue weighted by Crippen LogP contribution is 2.40. The summed E-state index contributed by atoms with van der Waals surface area (Å²) in [6.45, 7) is 8.33. The fourth-order valence-electron chi connectivity index (χ4n) is 3.61. The highest BCUT2D eigenvalue weighted by Gasteiger charge is 2.24. The molecule has 1 saturated heterocycles. The van der Waals surface area contributed by atoms with Crippen molar-refractivity contribution in [2.75, 3.05) is 31.0 Å². The Kier molecular flexibility index (Phi) is 5.63. The molecule has 2 aromatic rings. The van der Waals surface area contributed by atoms with Gasteiger partial charge in [-0.25, -0.2) is 4.79 Å². The molecule has 6 heteroatoms. The molecule has 0 saturated carbocycles. The number of hydrogen-bond donors (Lipinski definition) is 1. The van der Waals surface area contributed by atoms with Crippen molar-refractivity contribution in [3.05, 3.63) is 53.6 Å². The molecule has 1 unspecified atom stereocenters. The molecule has 0 radical (unpaired) electrons. The number of nitrogens with zero attached hydrogens (tertiary/aromatic N) is 1. The van der Waals surface area contributed by atoms with Crippen LogP contribution in [0, 0.1) is 0 Å². The van der Waals surface area contributed by atoms with E-state index < -0.39 is 0 Å². The Morgan fingerprint density at radius 3 is 2.59 bits per heavy atom. The lowest BCUT2D eigenvalue weighted by Crippen LogP contribution is -2.36. The fraction of sp³-hybridized carbons (Fsp3) is 0.435. The number of nitrogens with one attached hydrogen (secondary N) is 1. The lowest BCUT2D eigenvalue weighted by atomic mass is 9.87. The molecule has 2 aliphatic rings. The molecule has 4 rings (SSSR count). The van der Waals surface area contributed by atoms with Crippen LogP contribution in [0.1, 0.15) is 43.6 Å². The molecule has 0 spiro atoms. The van der Waals surface area contributed by atoms with Crippen LogP contribution in [0.25, 0.3) is 0 Å². The van der Waals surface area contributed by atoms with Crippen LogP contribution in [0.4, 0.5) is 10.5 Å². The summed E-state index contributed by atoms with van der Waals surface area (Å²) in [6, 6.07) is 14.3. The second kappa shape index (κ2) is 8.19. The number of anilines is 1. The zero-order chi connectivity index (χ0) is 20.4. The molecular weight excluding hydrogens is 384 g/mol. The minimum Gasteiger partial charge on any atom is -0.454 e. The molecule has 5 nitrogen and oxygen atoms in total. The van der Waals surface area contributed by atoms with Crippen LogP contribution in [-0.4, -0.2) is 36.6 Å². The highest BCUT2D eigenvalue weighted by atomic mass is 32.2. The summed E-state index contributed by atoms with van der Waals surface area (Å²) >= 11 is 1.90. The SMILES string of the molecule is CC(C)(C)c1ccc(NC(=O)N2CCSC(c3ccc4c(c3)OCO4)CC2)cc1. The van der Waals surface area contributed by atoms with Gasteiger partial charge >= 0.3 is 6.03 Å². The Hall–Kier alpha value is -2.34. The monoisotopic (exact) mass is 412 g/mol. The van der Waals surface area contributed by atoms with E-state index in [0.29, 0.717) is 12.0 Å². The van der Waals surface area contributed by atoms with Crippen LogP contribution in [0.3, 0.4) is 0 Å². The molecule has 2 heterocycles. The van der Waals surface area contributed by atoms with Crippen molar-refractivity contribution in [3.63, 3.8) is 0 Å². The smallest absolute Gasteiger partial charge is 0.321 e. The van der Waals surface area contributed by atoms with Crippen molar-refractivity contribution in [3.8, 4) is 11.5 Å². The van der Waals surface area contributed by atoms with Gasteiger partial charge in [-0.05, 0) is 47.2 Å². The number of rotatable bonds is 2. The van der Waals surface area contributed by atoms with E-state index in [0.717, 1.165) is 42.4 Å². The number of amides is 2. The number of benzene rings is 2. The van der Waals surface area contributed by atoms with Crippen LogP contribution in [0.5, 0.6) is 11.5 Å². The second-order valence-corrected chi connectivity index (χ2v) is 9.82. The quantitative estimate of drug-likeness (QED) is 0.715. The van der Waals surface area contributed by atoms with Gasteiger partial charge in [-0.15, -0.1) is 0 Å². The minimum atomic E-state index is -0.0274. The van der Waals surface area contributed by atoms with Gasteiger partial charge in [-0.2, -0.15) is 11.8 Å². The van der Waals surface area contributed by atoms with Crippen molar-refractivity contribution in [1.29, 1.82) is 0 Å². The normalized spacial score (nSPS) is 19.0. The van der Waals surface area contributed by atoms with Gasteiger partial charge in [-0.1, -0.05) is 39.0 Å². The first kappa shape index (κ1) is 20.0. The maximum absolute atomic E-state index is 12.8. The molecule has 29 heavy (non-hydrogen) atoms. The van der Waals surface area contributed by atoms with Crippen molar-refractivity contribution >= 4 is 23.5 Å². The first-order valence-corrected chi connectivity index (χ1v) is 11.1. The molecule has 1 atom stereocenters. The third-order valence-corrected chi connectivity index (χ3v) is 6.73. The Bertz CT molecular complexity index is 877. The molecule has 1 fully saturated rings. The molecule has 0 bridgehead atoms. The summed E-state index contributed by atoms with van der Waals surface area (Å²) in [4.78, 5) is 14.7. The summed E-state index contributed by atoms with van der Waals surface area (Å²) < 4.78 is 10.9. The van der Waals surface area contributed by atoms with Gasteiger partial charge in [0.05, 0.1) is 0 Å². The van der Waals surface area contributed by atoms with Crippen LogP contribution in [0.15, 0.2) is 42.5 Å². The standard InChI is InChI=1S/C23H28N2O3S/c1-23(2,3)17-5-7-18(8-6-17)24-22(26)25-11-10-21(29-13-12-25)16-4-9-19-20(14-16)28-15-27-19/h4-9,14,21H,10-13,15H2,1-3H3,(H,24,26). The summed E-state index contributed by atoms with van der Waals surface area (Å²) in [6.07, 6.45) is 0.917. The predicted octanol–water partition coefficient (Wildman–Crippen LogP) is 5.42. The van der Waals surface area contributed by atoms with Crippen LogP contribution in [0.2, 0.25) is 0 Å². The first-order valence-electron chi connectivity index (χ1n) is 10.1. The Labute approximate surface area is 176 Å². The number of urea groups is 1. The molecule has 0 aromatic heterocycles. The molecule has 2 aliphatic heterocycles. The Morgan fingerprint density at radius 1 is 1.07 bits per heavy atom. The van der Waals surface area contributed by atoms with Gasteiger partial charge in [-0.3, -0.25) is 0 Å². The number of carbonyl (C=O) groups excluding carboxylic acids is 1. The summed E-state index contributed by atoms with van der Waals surface area (Å²) in [7, 11) is 0. The number of carbonyl (C=O) groups is 1. The fourth-order valence-corrected chi connectivity index (χ4v) is 4.83. The van der Waals surface area contributed by atoms with Gasteiger partial charge < -0.3 is 19.7 Å². The Morgan fingerprint density at radius 2 is 1.83 bits per heavy atom. The summed E-state index contributed by atoms with van der Waals surface area (Å²) in [5.74, 6) is 2.54. The molecular formula is C23H28N2O3S. The topological polar surface area (TPSA) is 50.8 Å². The molecule has 2 amide bonds. The first-order chi connectivity index (χ1) is 13.9. The van der Waals surface area contributed by atoms with Crippen molar-refractivity contribution in [2.45, 2.75) is 37.9 Å². The third-order valence-electron chi connectivity index (χ3n) is 5.40. The van der Waals surface area contributed by atoms with Crippen molar-refractivity contribution < 1.29 is 14.3 Å². The predicted molar refractivity (Wildman–Crippen MR) is 118 cm³/mol. The zero-order valence-corrected chi connectivity index (χ0v) is 18.1. The molecule has 0 aliphatic carbocycles. The lowest BCUT2D eigenvalue weighted by Gasteiger charge is -2.22. The maximum Gasteiger partial charge on any atom is 0.321 e. The van der Waals surface area contributed by atoms with E-state index in [9.17, 15) is 4.79 Å². The molecule has 154 valence electrons. The minimum absolute atomic E-state index is 0.0274. The van der Waals surface area contributed by atoms with E-state index in [4.69, 9.17) is 9.47 Å². The van der Waals surface area contributed by atoms with Gasteiger partial charge in [0, 0.05) is 29.8 Å². The van der Waals surface area contributed by atoms with Crippen molar-refractivity contribution in [2.24, 2.45) is 0 Å². The largest absolute Gasteiger partial charge is 0.454 e. The number of hydrogen-bond acceptors (Lipinski definition) is 4. The van der Waals surface area contributed by atoms with E-state index in [2.05, 4.69) is 50.4 Å². The molecule has 1 N–H and O–H groups in total. The summed E-state index contributed by atoms with van der Waals surface area (Å²) in [5.41, 5.74) is 3.44.